The van der Waals surface area contributed by atoms with Crippen molar-refractivity contribution in [2.24, 2.45) is 0 Å². The Morgan fingerprint density at radius 1 is 0.787 bits per heavy atom. The van der Waals surface area contributed by atoms with Gasteiger partial charge in [-0.3, -0.25) is 9.59 Å². The van der Waals surface area contributed by atoms with Gasteiger partial charge in [0.1, 0.15) is 5.58 Å². The smallest absolute Gasteiger partial charge is 1.00 e. The molecule has 0 atom stereocenters. The third-order valence-electron chi connectivity index (χ3n) is 9.98. The fraction of sp³-hybridized carbons (Fsp3) is 0.114. The number of halogens is 2. The summed E-state index contributed by atoms with van der Waals surface area (Å²) in [6, 6.07) is 23.7. The number of fused-ring (bicyclic) bond motifs is 3. The van der Waals surface area contributed by atoms with Crippen molar-refractivity contribution in [1.82, 2.24) is 0 Å². The van der Waals surface area contributed by atoms with Crippen LogP contribution in [0.4, 0.5) is 11.4 Å². The monoisotopic (exact) mass is 1150 g/mol. The fourth-order valence-electron chi connectivity index (χ4n) is 7.10. The molecular formula is C44H31Br2HgN2Na2O10. The van der Waals surface area contributed by atoms with Gasteiger partial charge in [-0.15, -0.1) is 0 Å². The van der Waals surface area contributed by atoms with E-state index in [2.05, 4.69) is 50.6 Å². The summed E-state index contributed by atoms with van der Waals surface area (Å²) in [6.45, 7) is 7.81. The van der Waals surface area contributed by atoms with Crippen LogP contribution in [0.5, 0.6) is 5.75 Å². The molecule has 2 aliphatic heterocycles. The summed E-state index contributed by atoms with van der Waals surface area (Å²) in [5.41, 5.74) is 5.28. The number of carbonyl (C=O) groups is 3. The molecular weight excluding hydrogens is 1120 g/mol. The van der Waals surface area contributed by atoms with Crippen molar-refractivity contribution in [3.8, 4) is 39.3 Å². The summed E-state index contributed by atoms with van der Waals surface area (Å²) >= 11 is 6.47. The van der Waals surface area contributed by atoms with Crippen LogP contribution in [-0.2, 0) is 35.7 Å². The molecule has 5 aromatic rings. The van der Waals surface area contributed by atoms with Gasteiger partial charge in [-0.2, -0.15) is 0 Å². The average Bonchev–Trinajstić information content (AvgIpc) is 3.54. The molecule has 295 valence electrons. The number of imide groups is 1. The minimum Gasteiger partial charge on any atom is 1.00 e. The summed E-state index contributed by atoms with van der Waals surface area (Å²) in [5, 5.41) is 25.6. The molecule has 0 bridgehead atoms. The number of carbonyl (C=O) groups excluding carboxylic acids is 3. The number of aromatic carboxylic acids is 1. The number of aryl methyl sites for hydroxylation is 1. The van der Waals surface area contributed by atoms with Crippen molar-refractivity contribution in [2.75, 3.05) is 22.9 Å². The van der Waals surface area contributed by atoms with Crippen LogP contribution in [0.15, 0.2) is 124 Å². The molecule has 1 aliphatic carbocycles. The van der Waals surface area contributed by atoms with E-state index in [9.17, 15) is 34.2 Å². The molecule has 2 N–H and O–H groups in total. The van der Waals surface area contributed by atoms with Crippen LogP contribution in [0.25, 0.3) is 55.5 Å². The minimum atomic E-state index is -1.31. The number of hydrogen-bond acceptors (Lipinski definition) is 10. The number of amides is 2. The maximum absolute atomic E-state index is 12.8. The minimum absolute atomic E-state index is 0. The van der Waals surface area contributed by atoms with Gasteiger partial charge in [-0.1, -0.05) is 12.1 Å². The van der Waals surface area contributed by atoms with Gasteiger partial charge in [0.15, 0.2) is 0 Å². The van der Waals surface area contributed by atoms with E-state index in [1.807, 2.05) is 25.1 Å². The van der Waals surface area contributed by atoms with Crippen LogP contribution in [0.2, 0.25) is 0 Å². The van der Waals surface area contributed by atoms with E-state index in [4.69, 9.17) is 8.83 Å². The van der Waals surface area contributed by atoms with Gasteiger partial charge < -0.3 is 14.8 Å². The third-order valence-corrected chi connectivity index (χ3v) is 13.7. The van der Waals surface area contributed by atoms with Crippen molar-refractivity contribution < 1.29 is 124 Å². The van der Waals surface area contributed by atoms with Crippen molar-refractivity contribution in [3.05, 3.63) is 138 Å². The number of rotatable bonds is 7. The first-order chi connectivity index (χ1) is 27.7. The van der Waals surface area contributed by atoms with Crippen molar-refractivity contribution in [1.29, 1.82) is 0 Å². The van der Waals surface area contributed by atoms with E-state index in [1.54, 1.807) is 54.6 Å². The molecule has 2 amide bonds. The molecule has 0 fully saturated rings. The maximum Gasteiger partial charge on any atom is 1.00 e. The first-order valence-corrected chi connectivity index (χ1v) is 22.3. The second kappa shape index (κ2) is 20.8. The topological polar surface area (TPSA) is 196 Å². The predicted octanol–water partition coefficient (Wildman–Crippen LogP) is -0.0737. The van der Waals surface area contributed by atoms with Gasteiger partial charge in [-0.25, -0.2) is 9.69 Å². The summed E-state index contributed by atoms with van der Waals surface area (Å²) in [5.74, 6) is -1.93. The standard InChI is InChI=1S/C24H22N2O4.C20H9Br2O5.Hg.2Na.H2O/c1-4-25(5-2)18-10-11-19-15(3)23(24(29)30-20(19)14-18)16-6-8-17(9-7-16)26-21(27)12-13-22(26)28;21-13-5-11-17(7-15(13)23)27-18-8-16(24)14(22)6-12(18)19(11)9-3-1-2-4-10(9)20(25)26;;;;/h6-14H,4-5H2,1-3H3;1-7,24H,(H,25,26);;;;1H2/q;;;2*+1;/p-2. The molecule has 0 spiro atoms. The second-order valence-corrected chi connectivity index (χ2v) is 17.7. The molecule has 4 aromatic carbocycles. The van der Waals surface area contributed by atoms with E-state index < -0.39 is 11.6 Å². The Labute approximate surface area is 426 Å². The largest absolute Gasteiger partial charge is 1.00 e. The Hall–Kier alpha value is -3.41. The van der Waals surface area contributed by atoms with Crippen LogP contribution >= 0.6 is 31.9 Å². The van der Waals surface area contributed by atoms with Crippen molar-refractivity contribution in [3.63, 3.8) is 0 Å². The van der Waals surface area contributed by atoms with Gasteiger partial charge >= 0.3 is 258 Å². The molecule has 0 saturated heterocycles. The van der Waals surface area contributed by atoms with Crippen molar-refractivity contribution in [2.45, 2.75) is 20.8 Å². The van der Waals surface area contributed by atoms with E-state index >= 15 is 0 Å². The van der Waals surface area contributed by atoms with Crippen molar-refractivity contribution >= 4 is 86.0 Å². The molecule has 17 heteroatoms. The first kappa shape index (κ1) is 50.2. The molecule has 3 heterocycles. The van der Waals surface area contributed by atoms with Gasteiger partial charge in [0.25, 0.3) is 11.8 Å². The van der Waals surface area contributed by atoms with Crippen LogP contribution in [-0.4, -0.2) is 36.3 Å². The van der Waals surface area contributed by atoms with E-state index in [-0.39, 0.29) is 125 Å². The number of carboxylic acid groups (broad SMARTS) is 1. The molecule has 0 saturated carbocycles. The number of carboxylic acids is 1. The summed E-state index contributed by atoms with van der Waals surface area (Å²) in [4.78, 5) is 63.7. The van der Waals surface area contributed by atoms with Gasteiger partial charge in [0, 0.05) is 42.4 Å². The van der Waals surface area contributed by atoms with Gasteiger partial charge in [0.05, 0.1) is 11.3 Å². The van der Waals surface area contributed by atoms with Crippen LogP contribution in [0, 0.1) is 6.92 Å². The second-order valence-electron chi connectivity index (χ2n) is 13.3. The SMILES string of the molecule is CCN(CC)c1ccc2c(C)c(-c3ccc(N4C(=O)C=CC4=O)cc3)c(=O)oc2c1.O.O=C([O-])c1ccccc1-c1c2cc(Br)c(=O)cc-2oc2[c]([Hg])c([O-])c(Br)cc12.[Na+].[Na+]. The van der Waals surface area contributed by atoms with Crippen LogP contribution < -0.4 is 93.3 Å². The third kappa shape index (κ3) is 9.74. The number of benzene rings is 5. The Bertz CT molecular complexity index is 2950. The molecule has 1 aromatic heterocycles. The molecule has 3 aliphatic rings. The zero-order valence-electron chi connectivity index (χ0n) is 33.7. The van der Waals surface area contributed by atoms with Gasteiger partial charge in [-0.05, 0) is 56.2 Å². The Morgan fingerprint density at radius 2 is 1.43 bits per heavy atom. The normalized spacial score (nSPS) is 11.8. The fourth-order valence-corrected chi connectivity index (χ4v) is 10.7. The molecule has 8 rings (SSSR count). The molecule has 0 unspecified atom stereocenters. The number of anilines is 2. The van der Waals surface area contributed by atoms with E-state index in [1.165, 1.54) is 24.3 Å². The van der Waals surface area contributed by atoms with Gasteiger partial charge in [0.2, 0.25) is 0 Å². The summed E-state index contributed by atoms with van der Waals surface area (Å²) < 4.78 is 12.9. The average molecular weight is 1150 g/mol. The molecule has 12 nitrogen and oxygen atoms in total. The first-order valence-electron chi connectivity index (χ1n) is 17.9. The maximum atomic E-state index is 12.8. The molecule has 61 heavy (non-hydrogen) atoms. The number of hydrogen-bond donors (Lipinski definition) is 0. The quantitative estimate of drug-likeness (QED) is 0.0903. The Morgan fingerprint density at radius 3 is 2.05 bits per heavy atom. The summed E-state index contributed by atoms with van der Waals surface area (Å²) in [7, 11) is 0. The zero-order valence-corrected chi connectivity index (χ0v) is 46.4. The zero-order chi connectivity index (χ0) is 41.6. The summed E-state index contributed by atoms with van der Waals surface area (Å²) in [6.07, 6.45) is 2.48. The number of nitrogens with zero attached hydrogens (tertiary/aromatic N) is 2. The van der Waals surface area contributed by atoms with E-state index in [0.29, 0.717) is 62.1 Å². The Kier molecular flexibility index (Phi) is 17.2. The molecule has 0 radical (unpaired) electrons. The predicted molar refractivity (Wildman–Crippen MR) is 225 cm³/mol. The van der Waals surface area contributed by atoms with Crippen LogP contribution in [0.3, 0.4) is 0 Å². The van der Waals surface area contributed by atoms with E-state index in [0.717, 1.165) is 34.6 Å². The Balaban J connectivity index is 0.000000257. The van der Waals surface area contributed by atoms with Crippen LogP contribution in [0.1, 0.15) is 29.8 Å².